The van der Waals surface area contributed by atoms with Crippen molar-refractivity contribution in [2.24, 2.45) is 51.4 Å². The summed E-state index contributed by atoms with van der Waals surface area (Å²) < 4.78 is 11.8. The number of fused-ring (bicyclic) bond motifs is 5. The van der Waals surface area contributed by atoms with Gasteiger partial charge in [0.15, 0.2) is 5.60 Å². The lowest BCUT2D eigenvalue weighted by Crippen LogP contribution is -3.00. The molecule has 2 N–H and O–H groups in total. The molecule has 0 heterocycles. The first-order valence-corrected chi connectivity index (χ1v) is 15.4. The minimum atomic E-state index is -1.26. The van der Waals surface area contributed by atoms with Crippen molar-refractivity contribution in [1.29, 1.82) is 0 Å². The molecule has 4 saturated carbocycles. The summed E-state index contributed by atoms with van der Waals surface area (Å²) in [5.74, 6) is 2.40. The third kappa shape index (κ3) is 5.54. The third-order valence-electron chi connectivity index (χ3n) is 11.7. The Morgan fingerprint density at radius 1 is 1.05 bits per heavy atom. The molecule has 0 aromatic carbocycles. The van der Waals surface area contributed by atoms with Crippen LogP contribution in [0.25, 0.3) is 0 Å². The minimum Gasteiger partial charge on any atom is -0.572 e. The van der Waals surface area contributed by atoms with E-state index in [-0.39, 0.29) is 17.8 Å². The minimum absolute atomic E-state index is 0.236. The normalized spacial score (nSPS) is 42.3. The van der Waals surface area contributed by atoms with Crippen LogP contribution in [0.15, 0.2) is 5.10 Å². The van der Waals surface area contributed by atoms with Crippen LogP contribution in [-0.2, 0) is 19.1 Å². The Morgan fingerprint density at radius 2 is 1.77 bits per heavy atom. The topological polar surface area (TPSA) is 113 Å². The average molecular weight is 549 g/mol. The summed E-state index contributed by atoms with van der Waals surface area (Å²) in [6.45, 7) is 14.5. The number of carbonyl (C=O) groups excluding carboxylic acids is 2. The van der Waals surface area contributed by atoms with Crippen LogP contribution in [-0.4, -0.2) is 34.6 Å². The van der Waals surface area contributed by atoms with Crippen molar-refractivity contribution in [1.82, 2.24) is 0 Å². The number of ether oxygens (including phenoxy) is 2. The molecule has 0 aliphatic heterocycles. The number of rotatable bonds is 8. The second-order valence-electron chi connectivity index (χ2n) is 14.3. The van der Waals surface area contributed by atoms with Crippen LogP contribution in [0.3, 0.4) is 0 Å². The van der Waals surface area contributed by atoms with Crippen LogP contribution >= 0.6 is 0 Å². The van der Waals surface area contributed by atoms with Gasteiger partial charge in [0.05, 0.1) is 0 Å². The maximum atomic E-state index is 12.6. The number of hydrogen-bond donors (Lipinski definition) is 2. The van der Waals surface area contributed by atoms with Gasteiger partial charge in [-0.05, 0) is 85.9 Å². The van der Waals surface area contributed by atoms with E-state index in [0.717, 1.165) is 18.8 Å². The molecule has 4 aliphatic carbocycles. The molecule has 5 unspecified atom stereocenters. The molecule has 0 amide bonds. The van der Waals surface area contributed by atoms with E-state index in [4.69, 9.17) is 9.47 Å². The van der Waals surface area contributed by atoms with Crippen molar-refractivity contribution in [3.63, 3.8) is 0 Å². The Kier molecular flexibility index (Phi) is 8.90. The summed E-state index contributed by atoms with van der Waals surface area (Å²) in [5.41, 5.74) is -0.940. The number of carbonyl (C=O) groups is 2. The van der Waals surface area contributed by atoms with Crippen molar-refractivity contribution in [3.8, 4) is 0 Å². The maximum absolute atomic E-state index is 12.6. The van der Waals surface area contributed by atoms with Gasteiger partial charge in [-0.15, -0.1) is 5.34 Å². The highest BCUT2D eigenvalue weighted by atomic mass is 16.8. The van der Waals surface area contributed by atoms with Gasteiger partial charge in [0, 0.05) is 25.7 Å². The fourth-order valence-corrected chi connectivity index (χ4v) is 10.1. The van der Waals surface area contributed by atoms with Crippen LogP contribution in [0.1, 0.15) is 119 Å². The van der Waals surface area contributed by atoms with Gasteiger partial charge in [0.25, 0.3) is 0 Å². The first-order chi connectivity index (χ1) is 18.2. The average Bonchev–Trinajstić information content (AvgIpc) is 3.16. The zero-order valence-corrected chi connectivity index (χ0v) is 25.3. The molecule has 4 rings (SSSR count). The van der Waals surface area contributed by atoms with Crippen molar-refractivity contribution in [3.05, 3.63) is 5.21 Å². The predicted molar refractivity (Wildman–Crippen MR) is 149 cm³/mol. The SMILES string of the molecule is CC(=O)O[C@H]1CC[C@]2(C)C3CC[C@@]4(C)C(CCC4[C@H](C)CCCC(C)C)C3C/C(=N\[NH+]([O-])O)[C@@]2(OC(C)=O)C1. The summed E-state index contributed by atoms with van der Waals surface area (Å²) in [5, 5.41) is 24.8. The van der Waals surface area contributed by atoms with Gasteiger partial charge in [0.2, 0.25) is 0 Å². The van der Waals surface area contributed by atoms with E-state index >= 15 is 0 Å². The summed E-state index contributed by atoms with van der Waals surface area (Å²) in [6.07, 6.45) is 10.2. The number of nitrogens with one attached hydrogen (secondary N) is 1. The fraction of sp³-hybridized carbons (Fsp3) is 0.903. The zero-order valence-electron chi connectivity index (χ0n) is 25.3. The van der Waals surface area contributed by atoms with E-state index in [1.807, 2.05) is 0 Å². The smallest absolute Gasteiger partial charge is 0.303 e. The van der Waals surface area contributed by atoms with E-state index in [2.05, 4.69) is 39.7 Å². The van der Waals surface area contributed by atoms with Gasteiger partial charge < -0.3 is 14.7 Å². The summed E-state index contributed by atoms with van der Waals surface area (Å²) in [7, 11) is 0. The van der Waals surface area contributed by atoms with Crippen LogP contribution in [0.5, 0.6) is 0 Å². The van der Waals surface area contributed by atoms with Crippen LogP contribution in [0.4, 0.5) is 0 Å². The molecule has 0 spiro atoms. The first kappa shape index (κ1) is 30.4. The Balaban J connectivity index is 1.68. The molecule has 222 valence electrons. The predicted octanol–water partition coefficient (Wildman–Crippen LogP) is 5.46. The lowest BCUT2D eigenvalue weighted by molar-refractivity contribution is -1.05. The standard InChI is InChI=1S/C31H52N2O6/c1-19(2)9-8-10-20(3)25-11-12-26-24-17-28(32-33(36)37)31(39-22(5)35)18-23(38-21(4)34)13-16-30(31,7)27(24)14-15-29(25,26)6/h19-20,23-27,33,36H,8-18H2,1-7H3/b32-28+/t20-,23+,24?,25?,26?,27?,29-,30-,31+/m1/s1. The van der Waals surface area contributed by atoms with Crippen molar-refractivity contribution in [2.75, 3.05) is 0 Å². The number of hydrogen-bond acceptors (Lipinski definition) is 7. The third-order valence-corrected chi connectivity index (χ3v) is 11.7. The molecule has 4 fully saturated rings. The molecule has 10 atom stereocenters. The lowest BCUT2D eigenvalue weighted by atomic mass is 9.42. The zero-order chi connectivity index (χ0) is 28.8. The molecule has 0 bridgehead atoms. The molecule has 39 heavy (non-hydrogen) atoms. The quantitative estimate of drug-likeness (QED) is 0.308. The van der Waals surface area contributed by atoms with E-state index in [1.54, 1.807) is 0 Å². The first-order valence-electron chi connectivity index (χ1n) is 15.4. The summed E-state index contributed by atoms with van der Waals surface area (Å²) >= 11 is 0. The fourth-order valence-electron chi connectivity index (χ4n) is 10.1. The summed E-state index contributed by atoms with van der Waals surface area (Å²) in [6, 6.07) is 0. The maximum Gasteiger partial charge on any atom is 0.303 e. The van der Waals surface area contributed by atoms with E-state index in [0.29, 0.717) is 54.6 Å². The molecule has 0 aromatic rings. The molecular formula is C31H52N2O6. The van der Waals surface area contributed by atoms with E-state index < -0.39 is 28.4 Å². The molecule has 0 saturated heterocycles. The lowest BCUT2D eigenvalue weighted by Gasteiger charge is -2.64. The number of nitrogens with zero attached hydrogens (tertiary/aromatic N) is 1. The highest BCUT2D eigenvalue weighted by molar-refractivity contribution is 5.96. The van der Waals surface area contributed by atoms with Gasteiger partial charge >= 0.3 is 11.9 Å². The number of esters is 2. The summed E-state index contributed by atoms with van der Waals surface area (Å²) in [4.78, 5) is 24.4. The monoisotopic (exact) mass is 548 g/mol. The van der Waals surface area contributed by atoms with Crippen LogP contribution in [0.2, 0.25) is 0 Å². The van der Waals surface area contributed by atoms with Crippen molar-refractivity contribution in [2.45, 2.75) is 131 Å². The van der Waals surface area contributed by atoms with Crippen molar-refractivity contribution >= 4 is 17.7 Å². The van der Waals surface area contributed by atoms with Gasteiger partial charge in [-0.3, -0.25) is 9.59 Å². The second kappa shape index (κ2) is 11.4. The van der Waals surface area contributed by atoms with Gasteiger partial charge in [-0.1, -0.05) is 59.0 Å². The van der Waals surface area contributed by atoms with Crippen molar-refractivity contribution < 1.29 is 29.6 Å². The number of quaternary nitrogens is 1. The van der Waals surface area contributed by atoms with Gasteiger partial charge in [0.1, 0.15) is 11.8 Å². The van der Waals surface area contributed by atoms with Crippen LogP contribution in [0, 0.1) is 51.5 Å². The molecule has 8 nitrogen and oxygen atoms in total. The van der Waals surface area contributed by atoms with Gasteiger partial charge in [-0.2, -0.15) is 5.21 Å². The Bertz CT molecular complexity index is 951. The van der Waals surface area contributed by atoms with Crippen LogP contribution < -0.4 is 5.34 Å². The molecular weight excluding hydrogens is 496 g/mol. The Hall–Kier alpha value is -1.51. The van der Waals surface area contributed by atoms with E-state index in [9.17, 15) is 20.0 Å². The Morgan fingerprint density at radius 3 is 2.38 bits per heavy atom. The molecule has 4 aliphatic rings. The molecule has 8 heteroatoms. The highest BCUT2D eigenvalue weighted by Gasteiger charge is 2.69. The largest absolute Gasteiger partial charge is 0.572 e. The molecule has 0 aromatic heterocycles. The second-order valence-corrected chi connectivity index (χ2v) is 14.3. The highest BCUT2D eigenvalue weighted by Crippen LogP contribution is 2.69. The molecule has 0 radical (unpaired) electrons. The van der Waals surface area contributed by atoms with Gasteiger partial charge in [-0.25, -0.2) is 0 Å². The van der Waals surface area contributed by atoms with E-state index in [1.165, 1.54) is 46.0 Å². The Labute approximate surface area is 234 Å².